The largest absolute Gasteiger partial charge is 0.481 e. The molecule has 7 nitrogen and oxygen atoms in total. The Labute approximate surface area is 200 Å². The van der Waals surface area contributed by atoms with Crippen LogP contribution >= 0.6 is 13.5 Å². The van der Waals surface area contributed by atoms with E-state index >= 15 is 0 Å². The highest BCUT2D eigenvalue weighted by molar-refractivity contribution is 7.59. The van der Waals surface area contributed by atoms with E-state index in [9.17, 15) is 19.5 Å². The summed E-state index contributed by atoms with van der Waals surface area (Å²) in [5.74, 6) is -2.55. The maximum atomic E-state index is 12.3. The Morgan fingerprint density at radius 1 is 1.00 bits per heavy atom. The second-order valence-electron chi connectivity index (χ2n) is 8.87. The molecule has 0 radical (unpaired) electrons. The van der Waals surface area contributed by atoms with Crippen LogP contribution in [0.5, 0.6) is 0 Å². The van der Waals surface area contributed by atoms with Gasteiger partial charge in [0, 0.05) is 18.9 Å². The highest BCUT2D eigenvalue weighted by Crippen LogP contribution is 2.44. The van der Waals surface area contributed by atoms with Crippen molar-refractivity contribution in [3.8, 4) is 11.1 Å². The fourth-order valence-corrected chi connectivity index (χ4v) is 3.85. The van der Waals surface area contributed by atoms with Crippen LogP contribution in [0.25, 0.3) is 11.1 Å². The summed E-state index contributed by atoms with van der Waals surface area (Å²) < 4.78 is 10.6. The van der Waals surface area contributed by atoms with E-state index in [2.05, 4.69) is 17.4 Å². The van der Waals surface area contributed by atoms with Crippen molar-refractivity contribution >= 4 is 31.5 Å². The zero-order valence-corrected chi connectivity index (χ0v) is 20.1. The lowest BCUT2D eigenvalue weighted by atomic mass is 9.98. The van der Waals surface area contributed by atoms with Crippen molar-refractivity contribution in [1.29, 1.82) is 0 Å². The molecule has 0 aromatic heterocycles. The van der Waals surface area contributed by atoms with Crippen LogP contribution in [0.15, 0.2) is 48.5 Å². The molecule has 0 aliphatic heterocycles. The number of carbonyl (C=O) groups excluding carboxylic acids is 2. The number of esters is 1. The molecule has 33 heavy (non-hydrogen) atoms. The maximum absolute atomic E-state index is 12.3. The third-order valence-electron chi connectivity index (χ3n) is 5.30. The Morgan fingerprint density at radius 3 is 2.06 bits per heavy atom. The van der Waals surface area contributed by atoms with Gasteiger partial charge < -0.3 is 19.9 Å². The smallest absolute Gasteiger partial charge is 0.407 e. The van der Waals surface area contributed by atoms with Crippen LogP contribution in [-0.4, -0.2) is 41.9 Å². The molecule has 0 unspecified atom stereocenters. The van der Waals surface area contributed by atoms with Crippen molar-refractivity contribution in [3.05, 3.63) is 59.7 Å². The summed E-state index contributed by atoms with van der Waals surface area (Å²) in [6, 6.07) is 16.0. The Kier molecular flexibility index (Phi) is 8.93. The number of nitrogens with one attached hydrogen (secondary N) is 1. The van der Waals surface area contributed by atoms with Gasteiger partial charge in [-0.1, -0.05) is 48.5 Å². The van der Waals surface area contributed by atoms with Crippen molar-refractivity contribution in [2.24, 2.45) is 5.92 Å². The number of benzene rings is 2. The van der Waals surface area contributed by atoms with Gasteiger partial charge in [0.25, 0.3) is 0 Å². The van der Waals surface area contributed by atoms with Gasteiger partial charge in [0.05, 0.1) is 5.92 Å². The number of aliphatic carboxylic acids is 1. The van der Waals surface area contributed by atoms with Gasteiger partial charge in [-0.05, 0) is 49.4 Å². The molecule has 1 amide bonds. The topological polar surface area (TPSA) is 102 Å². The molecule has 0 heterocycles. The second kappa shape index (κ2) is 11.2. The summed E-state index contributed by atoms with van der Waals surface area (Å²) in [6.45, 7) is 5.26. The summed E-state index contributed by atoms with van der Waals surface area (Å²) in [4.78, 5) is 35.6. The second-order valence-corrected chi connectivity index (χ2v) is 8.87. The van der Waals surface area contributed by atoms with Crippen LogP contribution in [-0.2, 0) is 19.1 Å². The van der Waals surface area contributed by atoms with Crippen molar-refractivity contribution < 1.29 is 29.0 Å². The Bertz CT molecular complexity index is 955. The quantitative estimate of drug-likeness (QED) is 0.549. The van der Waals surface area contributed by atoms with Gasteiger partial charge in [-0.2, -0.15) is 13.5 Å². The van der Waals surface area contributed by atoms with Gasteiger partial charge >= 0.3 is 18.0 Å². The van der Waals surface area contributed by atoms with Gasteiger partial charge in [-0.15, -0.1) is 0 Å². The van der Waals surface area contributed by atoms with E-state index in [1.165, 1.54) is 0 Å². The number of carbonyl (C=O) groups is 3. The standard InChI is InChI=1S/C25H29NO6.H2S/c1-25(2,3)32-22(27)13-12-16(23(28)29)14-26-24(30)31-15-21-19-10-6-4-8-17(19)18-9-5-7-11-20(18)21;/h4-11,16,21H,12-15H2,1-3H3,(H,26,30)(H,28,29);1H2/t16-;/m0./s1. The molecule has 0 saturated heterocycles. The van der Waals surface area contributed by atoms with Crippen LogP contribution in [0.1, 0.15) is 50.7 Å². The van der Waals surface area contributed by atoms with E-state index in [0.717, 1.165) is 22.3 Å². The number of amides is 1. The first-order valence-electron chi connectivity index (χ1n) is 10.7. The van der Waals surface area contributed by atoms with E-state index in [0.29, 0.717) is 0 Å². The molecule has 0 spiro atoms. The summed E-state index contributed by atoms with van der Waals surface area (Å²) in [7, 11) is 0. The average Bonchev–Trinajstić information content (AvgIpc) is 3.04. The van der Waals surface area contributed by atoms with Gasteiger partial charge in [0.2, 0.25) is 0 Å². The third kappa shape index (κ3) is 6.99. The van der Waals surface area contributed by atoms with E-state index in [1.807, 2.05) is 36.4 Å². The summed E-state index contributed by atoms with van der Waals surface area (Å²) in [5.41, 5.74) is 3.83. The minimum atomic E-state index is -1.09. The fraction of sp³-hybridized carbons (Fsp3) is 0.400. The number of carboxylic acids is 1. The van der Waals surface area contributed by atoms with Gasteiger partial charge in [-0.3, -0.25) is 9.59 Å². The summed E-state index contributed by atoms with van der Waals surface area (Å²) in [5, 5.41) is 11.9. The normalized spacial score (nSPS) is 13.2. The number of alkyl carbamates (subject to hydrolysis) is 1. The van der Waals surface area contributed by atoms with Gasteiger partial charge in [-0.25, -0.2) is 4.79 Å². The minimum Gasteiger partial charge on any atom is -0.481 e. The number of fused-ring (bicyclic) bond motifs is 3. The number of hydrogen-bond acceptors (Lipinski definition) is 5. The number of ether oxygens (including phenoxy) is 2. The molecule has 2 aromatic carbocycles. The Hall–Kier alpha value is -3.00. The first-order valence-corrected chi connectivity index (χ1v) is 10.7. The molecule has 8 heteroatoms. The van der Waals surface area contributed by atoms with E-state index in [4.69, 9.17) is 9.47 Å². The molecule has 0 bridgehead atoms. The van der Waals surface area contributed by atoms with Crippen molar-refractivity contribution in [2.75, 3.05) is 13.2 Å². The maximum Gasteiger partial charge on any atom is 0.407 e. The molecular formula is C25H31NO6S. The molecular weight excluding hydrogens is 442 g/mol. The Balaban J connectivity index is 0.00000385. The lowest BCUT2D eigenvalue weighted by Gasteiger charge is -2.20. The van der Waals surface area contributed by atoms with Crippen molar-refractivity contribution in [3.63, 3.8) is 0 Å². The average molecular weight is 474 g/mol. The highest BCUT2D eigenvalue weighted by atomic mass is 32.1. The highest BCUT2D eigenvalue weighted by Gasteiger charge is 2.29. The third-order valence-corrected chi connectivity index (χ3v) is 5.30. The molecule has 0 fully saturated rings. The van der Waals surface area contributed by atoms with Crippen LogP contribution in [0.4, 0.5) is 4.79 Å². The van der Waals surface area contributed by atoms with Gasteiger partial charge in [0.15, 0.2) is 0 Å². The molecule has 1 aliphatic carbocycles. The van der Waals surface area contributed by atoms with E-state index < -0.39 is 29.6 Å². The van der Waals surface area contributed by atoms with Crippen LogP contribution in [0.2, 0.25) is 0 Å². The summed E-state index contributed by atoms with van der Waals surface area (Å²) in [6.07, 6.45) is -0.663. The first-order chi connectivity index (χ1) is 15.2. The molecule has 2 aromatic rings. The molecule has 0 saturated carbocycles. The van der Waals surface area contributed by atoms with E-state index in [1.54, 1.807) is 20.8 Å². The SMILES string of the molecule is CC(C)(C)OC(=O)CC[C@@H](CNC(=O)OCC1c2ccccc2-c2ccccc21)C(=O)O.S. The van der Waals surface area contributed by atoms with Crippen molar-refractivity contribution in [2.45, 2.75) is 45.1 Å². The lowest BCUT2D eigenvalue weighted by molar-refractivity contribution is -0.155. The Morgan fingerprint density at radius 2 is 1.55 bits per heavy atom. The molecule has 1 aliphatic rings. The van der Waals surface area contributed by atoms with E-state index in [-0.39, 0.29) is 45.4 Å². The number of hydrogen-bond donors (Lipinski definition) is 2. The molecule has 2 N–H and O–H groups in total. The molecule has 3 rings (SSSR count). The lowest BCUT2D eigenvalue weighted by Crippen LogP contribution is -2.34. The summed E-state index contributed by atoms with van der Waals surface area (Å²) >= 11 is 0. The number of carboxylic acid groups (broad SMARTS) is 1. The minimum absolute atomic E-state index is 0. The predicted octanol–water partition coefficient (Wildman–Crippen LogP) is 4.46. The van der Waals surface area contributed by atoms with Gasteiger partial charge in [0.1, 0.15) is 12.2 Å². The zero-order valence-electron chi connectivity index (χ0n) is 19.1. The first kappa shape index (κ1) is 26.3. The molecule has 1 atom stereocenters. The zero-order chi connectivity index (χ0) is 23.3. The monoisotopic (exact) mass is 473 g/mol. The fourth-order valence-electron chi connectivity index (χ4n) is 3.85. The van der Waals surface area contributed by atoms with Crippen LogP contribution < -0.4 is 5.32 Å². The van der Waals surface area contributed by atoms with Crippen LogP contribution in [0, 0.1) is 5.92 Å². The predicted molar refractivity (Wildman–Crippen MR) is 130 cm³/mol. The van der Waals surface area contributed by atoms with Crippen LogP contribution in [0.3, 0.4) is 0 Å². The number of rotatable bonds is 8. The van der Waals surface area contributed by atoms with Crippen molar-refractivity contribution in [1.82, 2.24) is 5.32 Å². The molecule has 178 valence electrons.